The summed E-state index contributed by atoms with van der Waals surface area (Å²) >= 11 is 0. The number of rotatable bonds is 2. The van der Waals surface area contributed by atoms with Crippen LogP contribution < -0.4 is 0 Å². The van der Waals surface area contributed by atoms with Gasteiger partial charge in [0, 0.05) is 18.0 Å². The molecule has 2 nitrogen and oxygen atoms in total. The molecule has 0 N–H and O–H groups in total. The fourth-order valence-electron chi connectivity index (χ4n) is 1.82. The minimum atomic E-state index is 0.729. The van der Waals surface area contributed by atoms with Gasteiger partial charge in [-0.05, 0) is 31.2 Å². The molecule has 0 saturated heterocycles. The summed E-state index contributed by atoms with van der Waals surface area (Å²) in [6.07, 6.45) is 6.54. The van der Waals surface area contributed by atoms with Gasteiger partial charge in [0.15, 0.2) is 5.82 Å². The third-order valence-electron chi connectivity index (χ3n) is 3.03. The molecule has 0 radical (unpaired) electrons. The Morgan fingerprint density at radius 3 is 2.00 bits per heavy atom. The zero-order valence-electron chi connectivity index (χ0n) is 11.4. The fourth-order valence-corrected chi connectivity index (χ4v) is 1.82. The van der Waals surface area contributed by atoms with Gasteiger partial charge in [-0.25, -0.2) is 9.97 Å². The van der Waals surface area contributed by atoms with Crippen molar-refractivity contribution in [2.24, 2.45) is 0 Å². The van der Waals surface area contributed by atoms with Gasteiger partial charge in [0.2, 0.25) is 0 Å². The van der Waals surface area contributed by atoms with E-state index in [1.54, 1.807) is 0 Å². The summed E-state index contributed by atoms with van der Waals surface area (Å²) in [6.45, 7) is 6.08. The van der Waals surface area contributed by atoms with Crippen LogP contribution in [0.25, 0.3) is 11.4 Å². The number of hydrogen-bond acceptors (Lipinski definition) is 2. The van der Waals surface area contributed by atoms with E-state index in [1.807, 2.05) is 26.2 Å². The van der Waals surface area contributed by atoms with Crippen molar-refractivity contribution in [2.75, 3.05) is 0 Å². The summed E-state index contributed by atoms with van der Waals surface area (Å²) in [4.78, 5) is 8.86. The molecule has 0 atom stereocenters. The van der Waals surface area contributed by atoms with Crippen molar-refractivity contribution in [3.8, 4) is 11.4 Å². The monoisotopic (exact) mass is 240 g/mol. The lowest BCUT2D eigenvalue weighted by atomic mass is 10.1. The molecule has 3 rings (SSSR count). The van der Waals surface area contributed by atoms with E-state index in [4.69, 9.17) is 0 Å². The first-order chi connectivity index (χ1) is 8.83. The highest BCUT2D eigenvalue weighted by molar-refractivity contribution is 5.55. The Balaban J connectivity index is 0.000000574. The standard InChI is InChI=1S/C14H14N2.C2H6/c1-10-2-4-12(5-3-10)14-15-8-13(9-16-14)11-6-7-11;1-2/h2-5,8-9,11H,6-7H2,1H3;1-2H3. The molecule has 2 aromatic rings. The van der Waals surface area contributed by atoms with Gasteiger partial charge < -0.3 is 0 Å². The first-order valence-corrected chi connectivity index (χ1v) is 6.72. The van der Waals surface area contributed by atoms with Gasteiger partial charge >= 0.3 is 0 Å². The smallest absolute Gasteiger partial charge is 0.159 e. The Bertz CT molecular complexity index is 482. The van der Waals surface area contributed by atoms with E-state index in [-0.39, 0.29) is 0 Å². The van der Waals surface area contributed by atoms with Gasteiger partial charge in [0.1, 0.15) is 0 Å². The first-order valence-electron chi connectivity index (χ1n) is 6.72. The molecule has 1 heterocycles. The van der Waals surface area contributed by atoms with E-state index < -0.39 is 0 Å². The number of aromatic nitrogens is 2. The number of hydrogen-bond donors (Lipinski definition) is 0. The molecule has 1 aliphatic rings. The molecule has 1 aliphatic carbocycles. The van der Waals surface area contributed by atoms with Crippen LogP contribution in [0, 0.1) is 6.92 Å². The van der Waals surface area contributed by atoms with Crippen LogP contribution in [0.1, 0.15) is 43.7 Å². The lowest BCUT2D eigenvalue weighted by molar-refractivity contribution is 1.04. The highest BCUT2D eigenvalue weighted by Gasteiger charge is 2.23. The normalized spacial score (nSPS) is 13.7. The van der Waals surface area contributed by atoms with Crippen LogP contribution in [0.2, 0.25) is 0 Å². The minimum absolute atomic E-state index is 0.729. The summed E-state index contributed by atoms with van der Waals surface area (Å²) in [5.41, 5.74) is 3.64. The van der Waals surface area contributed by atoms with Crippen molar-refractivity contribution in [1.82, 2.24) is 9.97 Å². The second kappa shape index (κ2) is 5.76. The van der Waals surface area contributed by atoms with Crippen molar-refractivity contribution >= 4 is 0 Å². The molecular weight excluding hydrogens is 220 g/mol. The topological polar surface area (TPSA) is 25.8 Å². The van der Waals surface area contributed by atoms with Crippen LogP contribution >= 0.6 is 0 Å². The second-order valence-electron chi connectivity index (χ2n) is 4.48. The van der Waals surface area contributed by atoms with Gasteiger partial charge in [-0.15, -0.1) is 0 Å². The van der Waals surface area contributed by atoms with Crippen LogP contribution in [-0.4, -0.2) is 9.97 Å². The predicted molar refractivity (Wildman–Crippen MR) is 75.5 cm³/mol. The van der Waals surface area contributed by atoms with E-state index in [1.165, 1.54) is 24.0 Å². The Kier molecular flexibility index (Phi) is 4.08. The van der Waals surface area contributed by atoms with Crippen molar-refractivity contribution in [1.29, 1.82) is 0 Å². The van der Waals surface area contributed by atoms with Crippen molar-refractivity contribution in [2.45, 2.75) is 39.5 Å². The number of aryl methyl sites for hydroxylation is 1. The van der Waals surface area contributed by atoms with E-state index in [0.29, 0.717) is 0 Å². The lowest BCUT2D eigenvalue weighted by Crippen LogP contribution is -1.91. The molecule has 18 heavy (non-hydrogen) atoms. The molecule has 1 aromatic carbocycles. The maximum Gasteiger partial charge on any atom is 0.159 e. The van der Waals surface area contributed by atoms with Crippen LogP contribution in [0.4, 0.5) is 0 Å². The number of nitrogens with zero attached hydrogens (tertiary/aromatic N) is 2. The third kappa shape index (κ3) is 2.95. The average molecular weight is 240 g/mol. The van der Waals surface area contributed by atoms with E-state index in [2.05, 4.69) is 41.2 Å². The molecular formula is C16H20N2. The summed E-state index contributed by atoms with van der Waals surface area (Å²) in [5, 5.41) is 0. The van der Waals surface area contributed by atoms with Crippen LogP contribution in [-0.2, 0) is 0 Å². The Hall–Kier alpha value is -1.70. The molecule has 0 bridgehead atoms. The van der Waals surface area contributed by atoms with E-state index >= 15 is 0 Å². The fraction of sp³-hybridized carbons (Fsp3) is 0.375. The molecule has 1 aromatic heterocycles. The molecule has 0 unspecified atom stereocenters. The molecule has 2 heteroatoms. The quantitative estimate of drug-likeness (QED) is 0.779. The largest absolute Gasteiger partial charge is 0.236 e. The molecule has 94 valence electrons. The Labute approximate surface area is 109 Å². The van der Waals surface area contributed by atoms with Gasteiger partial charge in [-0.2, -0.15) is 0 Å². The summed E-state index contributed by atoms with van der Waals surface area (Å²) < 4.78 is 0. The van der Waals surface area contributed by atoms with Crippen LogP contribution in [0.3, 0.4) is 0 Å². The highest BCUT2D eigenvalue weighted by atomic mass is 14.9. The van der Waals surface area contributed by atoms with E-state index in [9.17, 15) is 0 Å². The van der Waals surface area contributed by atoms with Crippen molar-refractivity contribution in [3.63, 3.8) is 0 Å². The average Bonchev–Trinajstić information content (AvgIpc) is 3.27. The highest BCUT2D eigenvalue weighted by Crippen LogP contribution is 2.39. The summed E-state index contributed by atoms with van der Waals surface area (Å²) in [7, 11) is 0. The predicted octanol–water partition coefficient (Wildman–Crippen LogP) is 4.36. The lowest BCUT2D eigenvalue weighted by Gasteiger charge is -2.02. The maximum absolute atomic E-state index is 4.43. The molecule has 0 aliphatic heterocycles. The van der Waals surface area contributed by atoms with Crippen LogP contribution in [0.5, 0.6) is 0 Å². The third-order valence-corrected chi connectivity index (χ3v) is 3.03. The zero-order chi connectivity index (χ0) is 13.0. The van der Waals surface area contributed by atoms with Crippen molar-refractivity contribution < 1.29 is 0 Å². The maximum atomic E-state index is 4.43. The van der Waals surface area contributed by atoms with E-state index in [0.717, 1.165) is 17.3 Å². The van der Waals surface area contributed by atoms with Gasteiger partial charge in [-0.3, -0.25) is 0 Å². The van der Waals surface area contributed by atoms with Gasteiger partial charge in [-0.1, -0.05) is 43.7 Å². The van der Waals surface area contributed by atoms with Gasteiger partial charge in [0.05, 0.1) is 0 Å². The minimum Gasteiger partial charge on any atom is -0.236 e. The van der Waals surface area contributed by atoms with Crippen molar-refractivity contribution in [3.05, 3.63) is 47.8 Å². The second-order valence-corrected chi connectivity index (χ2v) is 4.48. The molecule has 1 fully saturated rings. The Morgan fingerprint density at radius 1 is 0.944 bits per heavy atom. The number of benzene rings is 1. The van der Waals surface area contributed by atoms with Crippen LogP contribution in [0.15, 0.2) is 36.7 Å². The molecule has 0 spiro atoms. The molecule has 1 saturated carbocycles. The Morgan fingerprint density at radius 2 is 1.50 bits per heavy atom. The summed E-state index contributed by atoms with van der Waals surface area (Å²) in [5.74, 6) is 1.55. The SMILES string of the molecule is CC.Cc1ccc(-c2ncc(C3CC3)cn2)cc1. The summed E-state index contributed by atoms with van der Waals surface area (Å²) in [6, 6.07) is 8.32. The molecule has 0 amide bonds. The first kappa shape index (κ1) is 12.7. The zero-order valence-corrected chi connectivity index (χ0v) is 11.4. The van der Waals surface area contributed by atoms with Gasteiger partial charge in [0.25, 0.3) is 0 Å².